The monoisotopic (exact) mass is 272 g/mol. The van der Waals surface area contributed by atoms with E-state index < -0.39 is 0 Å². The van der Waals surface area contributed by atoms with Gasteiger partial charge >= 0.3 is 0 Å². The molecule has 0 aliphatic carbocycles. The lowest BCUT2D eigenvalue weighted by molar-refractivity contribution is -0.110. The van der Waals surface area contributed by atoms with Crippen LogP contribution >= 0.6 is 11.6 Å². The molecule has 1 N–H and O–H groups in total. The zero-order valence-corrected chi connectivity index (χ0v) is 11.2. The summed E-state index contributed by atoms with van der Waals surface area (Å²) in [6, 6.07) is 17.6. The average molecular weight is 273 g/mol. The molecule has 2 aromatic carbocycles. The van der Waals surface area contributed by atoms with Crippen LogP contribution in [0.3, 0.4) is 0 Å². The van der Waals surface area contributed by atoms with Gasteiger partial charge in [0.25, 0.3) is 0 Å². The molecule has 0 fully saturated rings. The predicted octanol–water partition coefficient (Wildman–Crippen LogP) is 3.91. The third-order valence-corrected chi connectivity index (χ3v) is 2.93. The molecule has 0 aromatic heterocycles. The minimum absolute atomic E-state index is 0.0668. The van der Waals surface area contributed by atoms with E-state index in [1.807, 2.05) is 54.6 Å². The van der Waals surface area contributed by atoms with Crippen molar-refractivity contribution in [2.75, 3.05) is 5.43 Å². The van der Waals surface area contributed by atoms with Crippen molar-refractivity contribution in [3.05, 3.63) is 54.6 Å². The van der Waals surface area contributed by atoms with Crippen LogP contribution in [0, 0.1) is 0 Å². The van der Waals surface area contributed by atoms with Gasteiger partial charge in [-0.3, -0.25) is 10.2 Å². The van der Waals surface area contributed by atoms with Gasteiger partial charge in [0.15, 0.2) is 11.0 Å². The predicted molar refractivity (Wildman–Crippen MR) is 79.5 cm³/mol. The Labute approximate surface area is 116 Å². The van der Waals surface area contributed by atoms with Crippen LogP contribution < -0.4 is 5.43 Å². The van der Waals surface area contributed by atoms with Crippen LogP contribution in [0.15, 0.2) is 59.7 Å². The standard InChI is InChI=1S/C15H13ClN2O/c1-11(19)15(16)18-17-14-10-6-5-9-13(14)12-7-3-2-4-8-12/h2-10,17H,1H3. The van der Waals surface area contributed by atoms with Gasteiger partial charge in [0.05, 0.1) is 5.69 Å². The van der Waals surface area contributed by atoms with Gasteiger partial charge in [-0.2, -0.15) is 5.10 Å². The SMILES string of the molecule is CC(=O)C(Cl)=NNc1ccccc1-c1ccccc1. The van der Waals surface area contributed by atoms with Crippen molar-refractivity contribution < 1.29 is 4.79 Å². The molecule has 0 unspecified atom stereocenters. The number of rotatable bonds is 4. The highest BCUT2D eigenvalue weighted by atomic mass is 35.5. The molecule has 2 aromatic rings. The molecule has 2 rings (SSSR count). The van der Waals surface area contributed by atoms with Gasteiger partial charge in [0, 0.05) is 12.5 Å². The summed E-state index contributed by atoms with van der Waals surface area (Å²) in [5, 5.41) is 3.80. The number of hydrazone groups is 1. The molecule has 0 saturated carbocycles. The van der Waals surface area contributed by atoms with Crippen LogP contribution in [0.5, 0.6) is 0 Å². The normalized spacial score (nSPS) is 11.2. The first-order chi connectivity index (χ1) is 9.18. The highest BCUT2D eigenvalue weighted by molar-refractivity contribution is 6.82. The summed E-state index contributed by atoms with van der Waals surface area (Å²) < 4.78 is 0. The number of carbonyl (C=O) groups is 1. The molecule has 0 bridgehead atoms. The number of benzene rings is 2. The smallest absolute Gasteiger partial charge is 0.191 e. The summed E-state index contributed by atoms with van der Waals surface area (Å²) in [6.07, 6.45) is 0. The molecular formula is C15H13ClN2O. The summed E-state index contributed by atoms with van der Waals surface area (Å²) in [4.78, 5) is 11.0. The zero-order chi connectivity index (χ0) is 13.7. The number of anilines is 1. The van der Waals surface area contributed by atoms with Gasteiger partial charge in [-0.25, -0.2) is 0 Å². The molecule has 4 heteroatoms. The highest BCUT2D eigenvalue weighted by Crippen LogP contribution is 2.27. The lowest BCUT2D eigenvalue weighted by Crippen LogP contribution is -2.04. The van der Waals surface area contributed by atoms with E-state index >= 15 is 0 Å². The second-order valence-corrected chi connectivity index (χ2v) is 4.34. The Balaban J connectivity index is 2.32. The first-order valence-electron chi connectivity index (χ1n) is 5.83. The molecule has 96 valence electrons. The van der Waals surface area contributed by atoms with Crippen LogP contribution in [-0.2, 0) is 4.79 Å². The topological polar surface area (TPSA) is 41.5 Å². The van der Waals surface area contributed by atoms with E-state index in [1.165, 1.54) is 6.92 Å². The van der Waals surface area contributed by atoms with Crippen molar-refractivity contribution in [1.82, 2.24) is 0 Å². The summed E-state index contributed by atoms with van der Waals surface area (Å²) in [7, 11) is 0. The Morgan fingerprint density at radius 2 is 1.68 bits per heavy atom. The second kappa shape index (κ2) is 6.16. The molecule has 0 spiro atoms. The fourth-order valence-corrected chi connectivity index (χ4v) is 1.68. The molecule has 0 saturated heterocycles. The van der Waals surface area contributed by atoms with Gasteiger partial charge < -0.3 is 0 Å². The summed E-state index contributed by atoms with van der Waals surface area (Å²) in [5.41, 5.74) is 5.70. The highest BCUT2D eigenvalue weighted by Gasteiger charge is 2.05. The third kappa shape index (κ3) is 3.42. The lowest BCUT2D eigenvalue weighted by Gasteiger charge is -2.08. The van der Waals surface area contributed by atoms with Crippen molar-refractivity contribution in [2.45, 2.75) is 6.92 Å². The molecule has 0 aliphatic heterocycles. The number of nitrogens with one attached hydrogen (secondary N) is 1. The fourth-order valence-electron chi connectivity index (χ4n) is 1.64. The molecular weight excluding hydrogens is 260 g/mol. The number of Topliss-reactive ketones (excluding diaryl/α,β-unsaturated/α-hetero) is 1. The van der Waals surface area contributed by atoms with Crippen LogP contribution in [0.25, 0.3) is 11.1 Å². The van der Waals surface area contributed by atoms with Gasteiger partial charge in [-0.05, 0) is 11.6 Å². The second-order valence-electron chi connectivity index (χ2n) is 3.98. The van der Waals surface area contributed by atoms with Gasteiger partial charge in [0.1, 0.15) is 0 Å². The van der Waals surface area contributed by atoms with E-state index in [4.69, 9.17) is 11.6 Å². The Morgan fingerprint density at radius 3 is 2.37 bits per heavy atom. The van der Waals surface area contributed by atoms with Crippen LogP contribution in [-0.4, -0.2) is 11.0 Å². The van der Waals surface area contributed by atoms with Gasteiger partial charge in [0.2, 0.25) is 0 Å². The number of para-hydroxylation sites is 1. The molecule has 19 heavy (non-hydrogen) atoms. The molecule has 0 heterocycles. The summed E-state index contributed by atoms with van der Waals surface area (Å²) in [5.74, 6) is -0.272. The van der Waals surface area contributed by atoms with Crippen molar-refractivity contribution >= 4 is 28.2 Å². The van der Waals surface area contributed by atoms with Crippen molar-refractivity contribution in [3.8, 4) is 11.1 Å². The quantitative estimate of drug-likeness (QED) is 0.677. The maximum atomic E-state index is 11.0. The Hall–Kier alpha value is -2.13. The fraction of sp³-hybridized carbons (Fsp3) is 0.0667. The van der Waals surface area contributed by atoms with Gasteiger partial charge in [-0.15, -0.1) is 0 Å². The van der Waals surface area contributed by atoms with Crippen molar-refractivity contribution in [2.24, 2.45) is 5.10 Å². The molecule has 0 radical (unpaired) electrons. The summed E-state index contributed by atoms with van der Waals surface area (Å²) in [6.45, 7) is 1.37. The Kier molecular flexibility index (Phi) is 4.31. The number of hydrogen-bond donors (Lipinski definition) is 1. The molecule has 3 nitrogen and oxygen atoms in total. The average Bonchev–Trinajstić information content (AvgIpc) is 2.46. The number of carbonyl (C=O) groups excluding carboxylic acids is 1. The largest absolute Gasteiger partial charge is 0.292 e. The van der Waals surface area contributed by atoms with E-state index in [9.17, 15) is 4.79 Å². The Morgan fingerprint density at radius 1 is 1.05 bits per heavy atom. The minimum Gasteiger partial charge on any atom is -0.292 e. The van der Waals surface area contributed by atoms with E-state index in [0.29, 0.717) is 0 Å². The van der Waals surface area contributed by atoms with E-state index in [2.05, 4.69) is 10.5 Å². The van der Waals surface area contributed by atoms with Gasteiger partial charge in [-0.1, -0.05) is 60.1 Å². The third-order valence-electron chi connectivity index (χ3n) is 2.58. The first kappa shape index (κ1) is 13.3. The number of nitrogens with zero attached hydrogens (tertiary/aromatic N) is 1. The first-order valence-corrected chi connectivity index (χ1v) is 6.21. The molecule has 0 aliphatic rings. The Bertz CT molecular complexity index is 609. The molecule has 0 amide bonds. The van der Waals surface area contributed by atoms with Crippen LogP contribution in [0.4, 0.5) is 5.69 Å². The maximum absolute atomic E-state index is 11.0. The number of halogens is 1. The van der Waals surface area contributed by atoms with Crippen molar-refractivity contribution in [1.29, 1.82) is 0 Å². The zero-order valence-electron chi connectivity index (χ0n) is 10.4. The minimum atomic E-state index is -0.272. The van der Waals surface area contributed by atoms with Crippen LogP contribution in [0.1, 0.15) is 6.92 Å². The lowest BCUT2D eigenvalue weighted by atomic mass is 10.0. The van der Waals surface area contributed by atoms with E-state index in [1.54, 1.807) is 0 Å². The number of ketones is 1. The van der Waals surface area contributed by atoms with Crippen LogP contribution in [0.2, 0.25) is 0 Å². The van der Waals surface area contributed by atoms with E-state index in [-0.39, 0.29) is 11.0 Å². The summed E-state index contributed by atoms with van der Waals surface area (Å²) >= 11 is 5.70. The number of hydrogen-bond acceptors (Lipinski definition) is 3. The van der Waals surface area contributed by atoms with E-state index in [0.717, 1.165) is 16.8 Å². The maximum Gasteiger partial charge on any atom is 0.191 e. The van der Waals surface area contributed by atoms with Crippen molar-refractivity contribution in [3.63, 3.8) is 0 Å². The molecule has 0 atom stereocenters.